The number of nitrogens with zero attached hydrogens (tertiary/aromatic N) is 8. The van der Waals surface area contributed by atoms with Crippen LogP contribution in [-0.2, 0) is 0 Å². The highest BCUT2D eigenvalue weighted by Crippen LogP contribution is 2.40. The first-order valence-corrected chi connectivity index (χ1v) is 31.7. The van der Waals surface area contributed by atoms with E-state index in [1.807, 2.05) is 158 Å². The third-order valence-electron chi connectivity index (χ3n) is 17.2. The molecule has 0 saturated heterocycles. The highest BCUT2D eigenvalue weighted by molar-refractivity contribution is 6.06. The van der Waals surface area contributed by atoms with Crippen molar-refractivity contribution in [2.45, 2.75) is 0 Å². The van der Waals surface area contributed by atoms with Crippen molar-refractivity contribution in [3.05, 3.63) is 351 Å². The molecule has 14 aromatic carbocycles. The first kappa shape index (κ1) is 58.9. The van der Waals surface area contributed by atoms with Gasteiger partial charge in [-0.15, -0.1) is 0 Å². The number of hydrogen-bond acceptors (Lipinski definition) is 8. The van der Waals surface area contributed by atoms with Crippen LogP contribution in [-0.4, -0.2) is 29.9 Å². The Morgan fingerprint density at radius 1 is 0.167 bits per heavy atom. The molecule has 0 amide bonds. The fraction of sp³-hybridized carbons (Fsp3) is 0. The van der Waals surface area contributed by atoms with Gasteiger partial charge in [-0.1, -0.05) is 309 Å². The molecule has 8 nitrogen and oxygen atoms in total. The Morgan fingerprint density at radius 3 is 0.688 bits per heavy atom. The Kier molecular flexibility index (Phi) is 16.5. The summed E-state index contributed by atoms with van der Waals surface area (Å²) in [5.74, 6) is 3.82. The summed E-state index contributed by atoms with van der Waals surface area (Å²) in [6.07, 6.45) is 0. The molecule has 0 N–H and O–H groups in total. The highest BCUT2D eigenvalue weighted by atomic mass is 15.0. The molecule has 0 aliphatic rings. The van der Waals surface area contributed by atoms with E-state index in [4.69, 9.17) is 35.2 Å². The Balaban J connectivity index is 0.000000158. The van der Waals surface area contributed by atoms with Crippen molar-refractivity contribution in [3.8, 4) is 147 Å². The molecule has 2 aromatic heterocycles. The van der Waals surface area contributed by atoms with Crippen molar-refractivity contribution >= 4 is 21.5 Å². The van der Waals surface area contributed by atoms with Crippen molar-refractivity contribution in [2.24, 2.45) is 0 Å². The summed E-state index contributed by atoms with van der Waals surface area (Å²) in [5, 5.41) is 23.1. The minimum Gasteiger partial charge on any atom is -0.208 e. The van der Waals surface area contributed by atoms with Gasteiger partial charge in [0.15, 0.2) is 34.9 Å². The molecule has 0 aliphatic heterocycles. The van der Waals surface area contributed by atoms with Crippen molar-refractivity contribution in [2.75, 3.05) is 0 Å². The summed E-state index contributed by atoms with van der Waals surface area (Å²) in [6, 6.07) is 120. The molecule has 0 radical (unpaired) electrons. The lowest BCUT2D eigenvalue weighted by Gasteiger charge is -2.13. The van der Waals surface area contributed by atoms with Gasteiger partial charge >= 0.3 is 0 Å². The third-order valence-corrected chi connectivity index (χ3v) is 17.2. The zero-order valence-corrected chi connectivity index (χ0v) is 51.9. The lowest BCUT2D eigenvalue weighted by molar-refractivity contribution is 1.07. The normalized spacial score (nSPS) is 10.9. The lowest BCUT2D eigenvalue weighted by Crippen LogP contribution is -2.00. The minimum atomic E-state index is 0.622. The van der Waals surface area contributed by atoms with Gasteiger partial charge in [-0.25, -0.2) is 29.9 Å². The summed E-state index contributed by atoms with van der Waals surface area (Å²) >= 11 is 0. The Bertz CT molecular complexity index is 5480. The number of aromatic nitrogens is 6. The molecule has 0 bridgehead atoms. The lowest BCUT2D eigenvalue weighted by atomic mass is 9.91. The second-order valence-corrected chi connectivity index (χ2v) is 23.2. The second-order valence-electron chi connectivity index (χ2n) is 23.2. The zero-order chi connectivity index (χ0) is 64.6. The Labute approximate surface area is 556 Å². The molecule has 16 rings (SSSR count). The van der Waals surface area contributed by atoms with Crippen molar-refractivity contribution in [3.63, 3.8) is 0 Å². The molecule has 0 fully saturated rings. The predicted molar refractivity (Wildman–Crippen MR) is 389 cm³/mol. The van der Waals surface area contributed by atoms with E-state index < -0.39 is 0 Å². The van der Waals surface area contributed by atoms with Crippen LogP contribution in [0.25, 0.3) is 157 Å². The first-order chi connectivity index (χ1) is 47.5. The topological polar surface area (TPSA) is 125 Å². The van der Waals surface area contributed by atoms with Crippen LogP contribution in [0.4, 0.5) is 0 Å². The third kappa shape index (κ3) is 12.4. The maximum atomic E-state index is 9.25. The number of rotatable bonds is 12. The zero-order valence-electron chi connectivity index (χ0n) is 51.9. The van der Waals surface area contributed by atoms with Gasteiger partial charge in [0.2, 0.25) is 0 Å². The summed E-state index contributed by atoms with van der Waals surface area (Å²) in [4.78, 5) is 29.5. The van der Waals surface area contributed by atoms with E-state index >= 15 is 0 Å². The van der Waals surface area contributed by atoms with E-state index in [1.54, 1.807) is 0 Å². The quantitative estimate of drug-likeness (QED) is 0.118. The van der Waals surface area contributed by atoms with Gasteiger partial charge in [0, 0.05) is 33.4 Å². The summed E-state index contributed by atoms with van der Waals surface area (Å²) in [6.45, 7) is 0. The molecule has 448 valence electrons. The summed E-state index contributed by atoms with van der Waals surface area (Å²) in [7, 11) is 0. The molecular formula is C88H56N8. The SMILES string of the molecule is N#Cc1ccc(-c2ccc(-c3ccc(-c4ccc(-c5nc(-c6ccccc6)nc(-c6ccccc6)n5)cc4)c4ccccc34)cc2)cc1.N#Cc1ccc(-c2ccc(-c3ccc(-c4nc(-c5ccccc5)nc(-c5cccc(-c6ccccc6)c5)n4)cc3)c3ccccc23)cc1. The van der Waals surface area contributed by atoms with Crippen molar-refractivity contribution in [1.82, 2.24) is 29.9 Å². The smallest absolute Gasteiger partial charge is 0.164 e. The molecule has 0 atom stereocenters. The number of hydrogen-bond donors (Lipinski definition) is 0. The van der Waals surface area contributed by atoms with E-state index in [-0.39, 0.29) is 0 Å². The second kappa shape index (κ2) is 26.8. The number of benzene rings is 14. The van der Waals surface area contributed by atoms with Gasteiger partial charge in [0.1, 0.15) is 0 Å². The first-order valence-electron chi connectivity index (χ1n) is 31.7. The van der Waals surface area contributed by atoms with Gasteiger partial charge in [-0.2, -0.15) is 10.5 Å². The molecule has 0 saturated carbocycles. The van der Waals surface area contributed by atoms with E-state index in [9.17, 15) is 5.26 Å². The van der Waals surface area contributed by atoms with Crippen LogP contribution in [0, 0.1) is 22.7 Å². The molecule has 0 spiro atoms. The molecule has 0 unspecified atom stereocenters. The van der Waals surface area contributed by atoms with Crippen LogP contribution in [0.1, 0.15) is 11.1 Å². The average molecular weight is 1230 g/mol. The van der Waals surface area contributed by atoms with E-state index in [1.165, 1.54) is 27.3 Å². The maximum Gasteiger partial charge on any atom is 0.164 e. The molecule has 96 heavy (non-hydrogen) atoms. The highest BCUT2D eigenvalue weighted by Gasteiger charge is 2.18. The molecule has 16 aromatic rings. The molecular weight excluding hydrogens is 1170 g/mol. The van der Waals surface area contributed by atoms with Crippen LogP contribution >= 0.6 is 0 Å². The predicted octanol–water partition coefficient (Wildman–Crippen LogP) is 21.8. The molecule has 8 heteroatoms. The van der Waals surface area contributed by atoms with Gasteiger partial charge in [0.25, 0.3) is 0 Å². The average Bonchev–Trinajstić information content (AvgIpc) is 0.816. The van der Waals surface area contributed by atoms with Crippen molar-refractivity contribution < 1.29 is 0 Å². The van der Waals surface area contributed by atoms with Crippen LogP contribution in [0.2, 0.25) is 0 Å². The molecule has 0 aliphatic carbocycles. The van der Waals surface area contributed by atoms with E-state index in [2.05, 4.69) is 194 Å². The monoisotopic (exact) mass is 1220 g/mol. The number of nitriles is 2. The fourth-order valence-corrected chi connectivity index (χ4v) is 12.3. The van der Waals surface area contributed by atoms with Gasteiger partial charge in [-0.3, -0.25) is 0 Å². The maximum absolute atomic E-state index is 9.25. The van der Waals surface area contributed by atoms with Crippen LogP contribution < -0.4 is 0 Å². The van der Waals surface area contributed by atoms with Crippen LogP contribution in [0.15, 0.2) is 340 Å². The van der Waals surface area contributed by atoms with E-state index in [0.29, 0.717) is 46.1 Å². The Morgan fingerprint density at radius 2 is 0.375 bits per heavy atom. The number of fused-ring (bicyclic) bond motifs is 2. The van der Waals surface area contributed by atoms with Gasteiger partial charge in [0.05, 0.1) is 23.3 Å². The van der Waals surface area contributed by atoms with Gasteiger partial charge < -0.3 is 0 Å². The molecule has 2 heterocycles. The van der Waals surface area contributed by atoms with Crippen LogP contribution in [0.3, 0.4) is 0 Å². The summed E-state index contributed by atoms with van der Waals surface area (Å²) < 4.78 is 0. The largest absolute Gasteiger partial charge is 0.208 e. The van der Waals surface area contributed by atoms with Gasteiger partial charge in [-0.05, 0) is 119 Å². The Hall–Kier alpha value is -13.4. The fourth-order valence-electron chi connectivity index (χ4n) is 12.3. The van der Waals surface area contributed by atoms with Crippen molar-refractivity contribution in [1.29, 1.82) is 10.5 Å². The van der Waals surface area contributed by atoms with E-state index in [0.717, 1.165) is 94.4 Å². The standard InChI is InChI=1S/2C44H28N4/c45-29-30-18-20-32(21-19-30)38-26-27-39(41-17-8-7-16-40(38)41)33-22-24-35(25-23-33)43-46-42(34-12-5-2-6-13-34)47-44(48-43)37-15-9-14-36(28-37)31-10-3-1-4-11-31;45-29-30-15-17-31(18-16-30)32-19-21-33(22-20-32)38-27-28-39(41-14-8-7-13-40(38)41)34-23-25-37(26-24-34)44-47-42(35-9-3-1-4-10-35)46-43(48-44)36-11-5-2-6-12-36/h2*1-28H. The minimum absolute atomic E-state index is 0.622. The summed E-state index contributed by atoms with van der Waals surface area (Å²) in [5.41, 5.74) is 20.5. The van der Waals surface area contributed by atoms with Crippen LogP contribution in [0.5, 0.6) is 0 Å².